The first-order chi connectivity index (χ1) is 16.7. The van der Waals surface area contributed by atoms with Gasteiger partial charge in [-0.1, -0.05) is 0 Å². The molecule has 1 atom stereocenters. The number of nitrogens with zero attached hydrogens (tertiary/aromatic N) is 3. The molecule has 1 aliphatic rings. The summed E-state index contributed by atoms with van der Waals surface area (Å²) in [5.74, 6) is -0.160. The summed E-state index contributed by atoms with van der Waals surface area (Å²) >= 11 is 0. The van der Waals surface area contributed by atoms with Crippen LogP contribution in [-0.4, -0.2) is 71.0 Å². The van der Waals surface area contributed by atoms with Crippen LogP contribution >= 0.6 is 0 Å². The van der Waals surface area contributed by atoms with E-state index in [1.807, 2.05) is 6.92 Å². The van der Waals surface area contributed by atoms with Gasteiger partial charge in [0, 0.05) is 50.4 Å². The van der Waals surface area contributed by atoms with Gasteiger partial charge in [-0.15, -0.1) is 10.2 Å². The molecule has 8 nitrogen and oxygen atoms in total. The number of aromatic nitrogens is 2. The molecule has 194 valence electrons. The van der Waals surface area contributed by atoms with E-state index < -0.39 is 17.5 Å². The molecule has 3 rings (SSSR count). The summed E-state index contributed by atoms with van der Waals surface area (Å²) in [5.41, 5.74) is 0.337. The molecular formula is C24H33F3N4O4. The number of benzene rings is 1. The molecule has 3 N–H and O–H groups in total. The predicted octanol–water partition coefficient (Wildman–Crippen LogP) is 3.79. The van der Waals surface area contributed by atoms with Crippen LogP contribution in [0.2, 0.25) is 0 Å². The molecule has 1 fully saturated rings. The van der Waals surface area contributed by atoms with Crippen LogP contribution in [0.5, 0.6) is 5.75 Å². The number of phenolic OH excluding ortho intramolecular Hbond substituents is 1. The highest BCUT2D eigenvalue weighted by Gasteiger charge is 2.31. The number of aromatic hydroxyl groups is 1. The molecule has 1 saturated heterocycles. The zero-order valence-corrected chi connectivity index (χ0v) is 20.2. The number of hydrogen-bond donors (Lipinski definition) is 3. The number of nitrogens with one attached hydrogen (secondary N) is 1. The lowest BCUT2D eigenvalue weighted by atomic mass is 10.00. The van der Waals surface area contributed by atoms with Crippen molar-refractivity contribution < 1.29 is 32.9 Å². The first kappa shape index (κ1) is 28.5. The van der Waals surface area contributed by atoms with Crippen molar-refractivity contribution in [2.24, 2.45) is 0 Å². The van der Waals surface area contributed by atoms with Gasteiger partial charge in [-0.05, 0) is 57.0 Å². The lowest BCUT2D eigenvalue weighted by molar-refractivity contribution is -0.137. The Morgan fingerprint density at radius 1 is 1.31 bits per heavy atom. The number of carbonyl (C=O) groups is 1. The van der Waals surface area contributed by atoms with Crippen molar-refractivity contribution in [3.8, 4) is 17.0 Å². The van der Waals surface area contributed by atoms with E-state index in [0.717, 1.165) is 51.0 Å². The molecule has 1 aromatic carbocycles. The van der Waals surface area contributed by atoms with Crippen LogP contribution in [0.4, 0.5) is 19.0 Å². The Bertz CT molecular complexity index is 971. The summed E-state index contributed by atoms with van der Waals surface area (Å²) in [5, 5.41) is 31.6. The second-order valence-electron chi connectivity index (χ2n) is 8.21. The molecular weight excluding hydrogens is 465 g/mol. The lowest BCUT2D eigenvalue weighted by Gasteiger charge is -2.33. The number of aliphatic hydroxyl groups is 1. The number of phenols is 1. The van der Waals surface area contributed by atoms with Crippen molar-refractivity contribution in [1.82, 2.24) is 15.1 Å². The van der Waals surface area contributed by atoms with E-state index in [4.69, 9.17) is 0 Å². The third kappa shape index (κ3) is 7.87. The lowest BCUT2D eigenvalue weighted by Crippen LogP contribution is -2.42. The fraction of sp³-hybridized carbons (Fsp3) is 0.542. The Hall–Kier alpha value is -2.76. The van der Waals surface area contributed by atoms with E-state index in [9.17, 15) is 28.2 Å². The first-order valence-corrected chi connectivity index (χ1v) is 11.4. The SMILES string of the molecule is CCOC.Cc1c(-c2ccc(C(F)(F)F)cc2O)nnc(NC2CCCN(CCC=O)C2)c1CO. The summed E-state index contributed by atoms with van der Waals surface area (Å²) in [7, 11) is 1.68. The van der Waals surface area contributed by atoms with Crippen molar-refractivity contribution in [2.75, 3.05) is 38.7 Å². The molecule has 11 heteroatoms. The van der Waals surface area contributed by atoms with Crippen molar-refractivity contribution >= 4 is 12.1 Å². The largest absolute Gasteiger partial charge is 0.507 e. The minimum atomic E-state index is -4.57. The number of anilines is 1. The third-order valence-corrected chi connectivity index (χ3v) is 5.78. The minimum Gasteiger partial charge on any atom is -0.507 e. The monoisotopic (exact) mass is 498 g/mol. The van der Waals surface area contributed by atoms with Gasteiger partial charge in [0.25, 0.3) is 0 Å². The second kappa shape index (κ2) is 13.4. The molecule has 0 saturated carbocycles. The molecule has 0 aliphatic carbocycles. The zero-order chi connectivity index (χ0) is 26.0. The maximum absolute atomic E-state index is 12.9. The Morgan fingerprint density at radius 2 is 2.03 bits per heavy atom. The quantitative estimate of drug-likeness (QED) is 0.472. The third-order valence-electron chi connectivity index (χ3n) is 5.78. The van der Waals surface area contributed by atoms with E-state index >= 15 is 0 Å². The average molecular weight is 499 g/mol. The fourth-order valence-electron chi connectivity index (χ4n) is 3.83. The standard InChI is InChI=1S/C21H25F3N4O3.C3H8O/c1-13-17(12-30)20(25-15-4-2-7-28(11-15)8-3-9-29)27-26-19(13)16-6-5-14(10-18(16)31)21(22,23)24;1-3-4-2/h5-6,9-10,15,30-31H,2-4,7-8,11-12H2,1H3,(H,25,27);3H2,1-2H3. The number of aldehydes is 1. The average Bonchev–Trinajstić information content (AvgIpc) is 2.83. The Kier molecular flexibility index (Phi) is 10.9. The fourth-order valence-corrected chi connectivity index (χ4v) is 3.83. The Labute approximate surface area is 203 Å². The summed E-state index contributed by atoms with van der Waals surface area (Å²) in [4.78, 5) is 12.8. The zero-order valence-electron chi connectivity index (χ0n) is 20.2. The minimum absolute atomic E-state index is 0.0599. The molecule has 0 radical (unpaired) electrons. The molecule has 35 heavy (non-hydrogen) atoms. The number of alkyl halides is 3. The first-order valence-electron chi connectivity index (χ1n) is 11.4. The summed E-state index contributed by atoms with van der Waals surface area (Å²) in [6, 6.07) is 2.73. The molecule has 2 heterocycles. The number of hydrogen-bond acceptors (Lipinski definition) is 8. The van der Waals surface area contributed by atoms with E-state index in [2.05, 4.69) is 25.2 Å². The summed E-state index contributed by atoms with van der Waals surface area (Å²) in [6.07, 6.45) is -1.36. The van der Waals surface area contributed by atoms with Gasteiger partial charge in [0.15, 0.2) is 5.82 Å². The van der Waals surface area contributed by atoms with Gasteiger partial charge in [-0.25, -0.2) is 0 Å². The van der Waals surface area contributed by atoms with Gasteiger partial charge < -0.3 is 30.0 Å². The maximum atomic E-state index is 12.9. The summed E-state index contributed by atoms with van der Waals surface area (Å²) < 4.78 is 43.2. The van der Waals surface area contributed by atoms with Gasteiger partial charge in [0.05, 0.1) is 12.2 Å². The highest BCUT2D eigenvalue weighted by Crippen LogP contribution is 2.37. The smallest absolute Gasteiger partial charge is 0.416 e. The van der Waals surface area contributed by atoms with Crippen LogP contribution in [0.15, 0.2) is 18.2 Å². The number of halogens is 3. The topological polar surface area (TPSA) is 108 Å². The van der Waals surface area contributed by atoms with E-state index in [0.29, 0.717) is 36.0 Å². The van der Waals surface area contributed by atoms with Crippen molar-refractivity contribution in [1.29, 1.82) is 0 Å². The van der Waals surface area contributed by atoms with Crippen LogP contribution in [-0.2, 0) is 22.3 Å². The predicted molar refractivity (Wildman–Crippen MR) is 126 cm³/mol. The number of aliphatic hydroxyl groups excluding tert-OH is 1. The van der Waals surface area contributed by atoms with Crippen LogP contribution in [0, 0.1) is 6.92 Å². The molecule has 0 spiro atoms. The molecule has 1 aromatic heterocycles. The maximum Gasteiger partial charge on any atom is 0.416 e. The van der Waals surface area contributed by atoms with Gasteiger partial charge in [0.1, 0.15) is 17.7 Å². The number of piperidine rings is 1. The highest BCUT2D eigenvalue weighted by molar-refractivity contribution is 5.72. The molecule has 0 bridgehead atoms. The van der Waals surface area contributed by atoms with E-state index in [-0.39, 0.29) is 23.9 Å². The number of rotatable bonds is 8. The molecule has 2 aromatic rings. The number of methoxy groups -OCH3 is 1. The van der Waals surface area contributed by atoms with Crippen LogP contribution in [0.25, 0.3) is 11.3 Å². The number of likely N-dealkylation sites (tertiary alicyclic amines) is 1. The normalized spacial score (nSPS) is 16.4. The van der Waals surface area contributed by atoms with Crippen molar-refractivity contribution in [2.45, 2.75) is 51.9 Å². The Morgan fingerprint density at radius 3 is 2.60 bits per heavy atom. The second-order valence-corrected chi connectivity index (χ2v) is 8.21. The van der Waals surface area contributed by atoms with Crippen molar-refractivity contribution in [3.05, 3.63) is 34.9 Å². The van der Waals surface area contributed by atoms with Crippen LogP contribution in [0.3, 0.4) is 0 Å². The number of carbonyl (C=O) groups excluding carboxylic acids is 1. The highest BCUT2D eigenvalue weighted by atomic mass is 19.4. The van der Waals surface area contributed by atoms with Gasteiger partial charge in [0.2, 0.25) is 0 Å². The van der Waals surface area contributed by atoms with Crippen LogP contribution < -0.4 is 5.32 Å². The van der Waals surface area contributed by atoms with Gasteiger partial charge in [-0.2, -0.15) is 13.2 Å². The summed E-state index contributed by atoms with van der Waals surface area (Å²) in [6.45, 7) is 6.43. The van der Waals surface area contributed by atoms with E-state index in [1.54, 1.807) is 14.0 Å². The number of ether oxygens (including phenoxy) is 1. The van der Waals surface area contributed by atoms with Crippen LogP contribution in [0.1, 0.15) is 42.9 Å². The molecule has 1 unspecified atom stereocenters. The van der Waals surface area contributed by atoms with Gasteiger partial charge >= 0.3 is 6.18 Å². The van der Waals surface area contributed by atoms with Crippen molar-refractivity contribution in [3.63, 3.8) is 0 Å². The van der Waals surface area contributed by atoms with Gasteiger partial charge in [-0.3, -0.25) is 0 Å². The molecule has 0 amide bonds. The molecule has 1 aliphatic heterocycles. The Balaban J connectivity index is 0.00000100. The van der Waals surface area contributed by atoms with E-state index in [1.165, 1.54) is 0 Å².